The van der Waals surface area contributed by atoms with Crippen molar-refractivity contribution in [3.05, 3.63) is 53.1 Å². The molecular weight excluding hydrogens is 220 g/mol. The number of hydrogen-bond acceptors (Lipinski definition) is 1. The molecule has 3 rings (SSSR count). The highest BCUT2D eigenvalue weighted by atomic mass is 14.9. The summed E-state index contributed by atoms with van der Waals surface area (Å²) in [5.74, 6) is 0.940. The minimum atomic E-state index is 0.940. The topological polar surface area (TPSA) is 28.7 Å². The summed E-state index contributed by atoms with van der Waals surface area (Å²) in [6.45, 7) is 6.34. The van der Waals surface area contributed by atoms with Crippen LogP contribution in [0.2, 0.25) is 0 Å². The van der Waals surface area contributed by atoms with Gasteiger partial charge in [-0.1, -0.05) is 29.8 Å². The standard InChI is InChI=1S/C16H16N2/c1-10-4-6-13(7-5-10)16-17-14-8-11(2)12(3)9-15(14)18-16/h4-9H,1-3H3,(H,17,18). The summed E-state index contributed by atoms with van der Waals surface area (Å²) in [6, 6.07) is 12.7. The van der Waals surface area contributed by atoms with Crippen LogP contribution in [-0.4, -0.2) is 9.97 Å². The normalized spacial score (nSPS) is 11.1. The summed E-state index contributed by atoms with van der Waals surface area (Å²) in [5.41, 5.74) is 7.11. The third-order valence-electron chi connectivity index (χ3n) is 3.42. The van der Waals surface area contributed by atoms with Crippen LogP contribution >= 0.6 is 0 Å². The van der Waals surface area contributed by atoms with Crippen LogP contribution in [0.3, 0.4) is 0 Å². The van der Waals surface area contributed by atoms with Crippen LogP contribution in [0, 0.1) is 20.8 Å². The number of rotatable bonds is 1. The molecule has 0 aliphatic rings. The Hall–Kier alpha value is -2.09. The Labute approximate surface area is 107 Å². The quantitative estimate of drug-likeness (QED) is 0.675. The zero-order chi connectivity index (χ0) is 12.7. The minimum absolute atomic E-state index is 0.940. The van der Waals surface area contributed by atoms with Crippen molar-refractivity contribution in [1.82, 2.24) is 9.97 Å². The highest BCUT2D eigenvalue weighted by Gasteiger charge is 2.06. The highest BCUT2D eigenvalue weighted by molar-refractivity contribution is 5.80. The van der Waals surface area contributed by atoms with Gasteiger partial charge in [0.25, 0.3) is 0 Å². The number of hydrogen-bond donors (Lipinski definition) is 1. The smallest absolute Gasteiger partial charge is 0.138 e. The van der Waals surface area contributed by atoms with Gasteiger partial charge >= 0.3 is 0 Å². The summed E-state index contributed by atoms with van der Waals surface area (Å²) in [7, 11) is 0. The number of aryl methyl sites for hydroxylation is 3. The Kier molecular flexibility index (Phi) is 2.44. The molecule has 0 unspecified atom stereocenters. The van der Waals surface area contributed by atoms with Crippen LogP contribution in [0.1, 0.15) is 16.7 Å². The van der Waals surface area contributed by atoms with Crippen LogP contribution < -0.4 is 0 Å². The van der Waals surface area contributed by atoms with Crippen molar-refractivity contribution in [2.24, 2.45) is 0 Å². The molecule has 1 N–H and O–H groups in total. The predicted molar refractivity (Wildman–Crippen MR) is 75.7 cm³/mol. The maximum atomic E-state index is 4.66. The first-order chi connectivity index (χ1) is 8.63. The molecule has 0 amide bonds. The van der Waals surface area contributed by atoms with Crippen LogP contribution in [0.15, 0.2) is 36.4 Å². The number of benzene rings is 2. The monoisotopic (exact) mass is 236 g/mol. The summed E-state index contributed by atoms with van der Waals surface area (Å²) in [4.78, 5) is 8.05. The fourth-order valence-corrected chi connectivity index (χ4v) is 2.12. The van der Waals surface area contributed by atoms with Crippen LogP contribution in [0.4, 0.5) is 0 Å². The van der Waals surface area contributed by atoms with E-state index in [1.807, 2.05) is 0 Å². The maximum absolute atomic E-state index is 4.66. The van der Waals surface area contributed by atoms with E-state index >= 15 is 0 Å². The number of nitrogens with one attached hydrogen (secondary N) is 1. The van der Waals surface area contributed by atoms with Gasteiger partial charge in [0.15, 0.2) is 0 Å². The molecule has 0 spiro atoms. The molecule has 0 radical (unpaired) electrons. The average Bonchev–Trinajstić information content (AvgIpc) is 2.73. The van der Waals surface area contributed by atoms with Crippen molar-refractivity contribution in [2.45, 2.75) is 20.8 Å². The first-order valence-corrected chi connectivity index (χ1v) is 6.17. The van der Waals surface area contributed by atoms with Gasteiger partial charge in [-0.2, -0.15) is 0 Å². The zero-order valence-corrected chi connectivity index (χ0v) is 10.9. The van der Waals surface area contributed by atoms with E-state index in [1.54, 1.807) is 0 Å². The summed E-state index contributed by atoms with van der Waals surface area (Å²) >= 11 is 0. The van der Waals surface area contributed by atoms with E-state index < -0.39 is 0 Å². The van der Waals surface area contributed by atoms with Crippen molar-refractivity contribution in [1.29, 1.82) is 0 Å². The predicted octanol–water partition coefficient (Wildman–Crippen LogP) is 4.16. The first kappa shape index (κ1) is 11.0. The Bertz CT molecular complexity index is 667. The van der Waals surface area contributed by atoms with Gasteiger partial charge in [-0.15, -0.1) is 0 Å². The lowest BCUT2D eigenvalue weighted by atomic mass is 10.1. The van der Waals surface area contributed by atoms with E-state index in [-0.39, 0.29) is 0 Å². The highest BCUT2D eigenvalue weighted by Crippen LogP contribution is 2.23. The molecular formula is C16H16N2. The van der Waals surface area contributed by atoms with E-state index in [0.29, 0.717) is 0 Å². The summed E-state index contributed by atoms with van der Waals surface area (Å²) in [6.07, 6.45) is 0. The average molecular weight is 236 g/mol. The molecule has 1 aromatic heterocycles. The van der Waals surface area contributed by atoms with Gasteiger partial charge in [-0.3, -0.25) is 0 Å². The Morgan fingerprint density at radius 1 is 0.889 bits per heavy atom. The fraction of sp³-hybridized carbons (Fsp3) is 0.188. The molecule has 1 heterocycles. The zero-order valence-electron chi connectivity index (χ0n) is 10.9. The molecule has 2 heteroatoms. The lowest BCUT2D eigenvalue weighted by molar-refractivity contribution is 1.33. The van der Waals surface area contributed by atoms with Gasteiger partial charge in [0.05, 0.1) is 11.0 Å². The number of nitrogens with zero attached hydrogens (tertiary/aromatic N) is 1. The molecule has 0 saturated carbocycles. The van der Waals surface area contributed by atoms with Crippen molar-refractivity contribution in [3.63, 3.8) is 0 Å². The second kappa shape index (κ2) is 3.98. The molecule has 3 aromatic rings. The molecule has 0 bridgehead atoms. The summed E-state index contributed by atoms with van der Waals surface area (Å²) < 4.78 is 0. The van der Waals surface area contributed by atoms with E-state index in [2.05, 4.69) is 67.1 Å². The Morgan fingerprint density at radius 3 is 2.28 bits per heavy atom. The lowest BCUT2D eigenvalue weighted by Gasteiger charge is -1.97. The Balaban J connectivity index is 2.16. The van der Waals surface area contributed by atoms with E-state index in [4.69, 9.17) is 0 Å². The van der Waals surface area contributed by atoms with Crippen molar-refractivity contribution in [2.75, 3.05) is 0 Å². The number of H-pyrrole nitrogens is 1. The van der Waals surface area contributed by atoms with E-state index in [9.17, 15) is 0 Å². The molecule has 0 aliphatic heterocycles. The number of fused-ring (bicyclic) bond motifs is 1. The first-order valence-electron chi connectivity index (χ1n) is 6.17. The number of aromatic nitrogens is 2. The molecule has 0 aliphatic carbocycles. The third kappa shape index (κ3) is 1.80. The lowest BCUT2D eigenvalue weighted by Crippen LogP contribution is -1.80. The number of imidazole rings is 1. The maximum Gasteiger partial charge on any atom is 0.138 e. The molecule has 2 aromatic carbocycles. The largest absolute Gasteiger partial charge is 0.338 e. The SMILES string of the molecule is Cc1ccc(-c2nc3cc(C)c(C)cc3[nH]2)cc1. The molecule has 90 valence electrons. The Morgan fingerprint density at radius 2 is 1.56 bits per heavy atom. The third-order valence-corrected chi connectivity index (χ3v) is 3.42. The van der Waals surface area contributed by atoms with Crippen molar-refractivity contribution in [3.8, 4) is 11.4 Å². The molecule has 0 saturated heterocycles. The molecule has 18 heavy (non-hydrogen) atoms. The van der Waals surface area contributed by atoms with Crippen LogP contribution in [-0.2, 0) is 0 Å². The van der Waals surface area contributed by atoms with Crippen molar-refractivity contribution < 1.29 is 0 Å². The van der Waals surface area contributed by atoms with Crippen LogP contribution in [0.25, 0.3) is 22.4 Å². The van der Waals surface area contributed by atoms with Crippen molar-refractivity contribution >= 4 is 11.0 Å². The fourth-order valence-electron chi connectivity index (χ4n) is 2.12. The van der Waals surface area contributed by atoms with Gasteiger partial charge in [0.1, 0.15) is 5.82 Å². The van der Waals surface area contributed by atoms with Gasteiger partial charge < -0.3 is 4.98 Å². The van der Waals surface area contributed by atoms with E-state index in [0.717, 1.165) is 22.4 Å². The minimum Gasteiger partial charge on any atom is -0.338 e. The van der Waals surface area contributed by atoms with Crippen LogP contribution in [0.5, 0.6) is 0 Å². The second-order valence-electron chi connectivity index (χ2n) is 4.91. The molecule has 0 atom stereocenters. The molecule has 2 nitrogen and oxygen atoms in total. The summed E-state index contributed by atoms with van der Waals surface area (Å²) in [5, 5.41) is 0. The van der Waals surface area contributed by atoms with Gasteiger partial charge in [0.2, 0.25) is 0 Å². The van der Waals surface area contributed by atoms with E-state index in [1.165, 1.54) is 16.7 Å². The van der Waals surface area contributed by atoms with Gasteiger partial charge in [0, 0.05) is 5.56 Å². The second-order valence-corrected chi connectivity index (χ2v) is 4.91. The molecule has 0 fully saturated rings. The van der Waals surface area contributed by atoms with Gasteiger partial charge in [-0.05, 0) is 44.0 Å². The van der Waals surface area contributed by atoms with Gasteiger partial charge in [-0.25, -0.2) is 4.98 Å². The number of aromatic amines is 1.